The Morgan fingerprint density at radius 1 is 0.723 bits per heavy atom. The number of fused-ring (bicyclic) bond motifs is 2. The molecule has 0 spiro atoms. The number of aliphatic hydroxyl groups is 1. The zero-order valence-corrected chi connectivity index (χ0v) is 38.3. The predicted octanol–water partition coefficient (Wildman–Crippen LogP) is 4.48. The largest absolute Gasteiger partial charge is 0.490 e. The number of azo groups is 1. The fourth-order valence-corrected chi connectivity index (χ4v) is 10.1. The van der Waals surface area contributed by atoms with E-state index in [9.17, 15) is 40.8 Å². The van der Waals surface area contributed by atoms with Gasteiger partial charge in [-0.25, -0.2) is 41.0 Å². The number of esters is 2. The van der Waals surface area contributed by atoms with Crippen molar-refractivity contribution in [1.29, 1.82) is 0 Å². The lowest BCUT2D eigenvalue weighted by Gasteiger charge is -2.25. The van der Waals surface area contributed by atoms with Crippen molar-refractivity contribution in [2.45, 2.75) is 90.3 Å². The maximum Gasteiger partial charge on any atom is 0.362 e. The van der Waals surface area contributed by atoms with Gasteiger partial charge in [0.2, 0.25) is 0 Å². The number of ether oxygens (including phenoxy) is 3. The zero-order chi connectivity index (χ0) is 47.0. The fraction of sp³-hybridized carbons (Fsp3) is 0.571. The quantitative estimate of drug-likeness (QED) is 0.199. The molecule has 0 aromatic carbocycles. The molecule has 2 N–H and O–H groups in total. The molecule has 4 aromatic heterocycles. The first-order chi connectivity index (χ1) is 31.1. The van der Waals surface area contributed by atoms with E-state index >= 15 is 0 Å². The molecule has 356 valence electrons. The van der Waals surface area contributed by atoms with Crippen LogP contribution in [0.3, 0.4) is 0 Å². The first-order valence-corrected chi connectivity index (χ1v) is 25.5. The maximum atomic E-state index is 11.8. The van der Waals surface area contributed by atoms with Gasteiger partial charge < -0.3 is 34.1 Å². The Morgan fingerprint density at radius 3 is 1.75 bits per heavy atom. The number of nitrogens with one attached hydrogen (secondary N) is 1. The molecule has 4 aromatic rings. The molecule has 8 rings (SSSR count). The van der Waals surface area contributed by atoms with E-state index < -0.39 is 31.6 Å². The molecule has 8 heterocycles. The van der Waals surface area contributed by atoms with Crippen molar-refractivity contribution >= 4 is 55.0 Å². The number of carbonyl (C=O) groups excluding carboxylic acids is 4. The summed E-state index contributed by atoms with van der Waals surface area (Å²) in [7, 11) is -5.68. The minimum Gasteiger partial charge on any atom is -0.490 e. The van der Waals surface area contributed by atoms with Crippen molar-refractivity contribution in [3.63, 3.8) is 0 Å². The highest BCUT2D eigenvalue weighted by Crippen LogP contribution is 2.22. The average Bonchev–Trinajstić information content (AvgIpc) is 3.93. The summed E-state index contributed by atoms with van der Waals surface area (Å²) in [6, 6.07) is 5.53. The van der Waals surface area contributed by atoms with Crippen LogP contribution in [0.4, 0.5) is 9.59 Å². The minimum absolute atomic E-state index is 0.104. The summed E-state index contributed by atoms with van der Waals surface area (Å²) < 4.78 is 63.1. The standard InChI is InChI=1S/C15H18N2O5S.C12H20N4O2.C10H10N2O3.C5H10O3S/c1-2-21-15(18)13-10-16-14-9-12(3-6-17(13)14)22-11-4-7-23(19,20)8-5-11;17-11(15-7-3-1-4-8-15)13-14-12(18)16-9-5-2-6-10-16;1-2-15-10(14)8-6-11-9-5-7(13)3-4-12(8)9;6-5-1-3-9(7,8)4-2-5/h3,6,9-11H,2,4-5,7-8H2,1H3;1-10H2;3-6,11H,2H2,1H3;5-6H,1-4H2. The number of likely N-dealkylation sites (tertiary alicyclic amines) is 2. The van der Waals surface area contributed by atoms with Gasteiger partial charge >= 0.3 is 24.0 Å². The Labute approximate surface area is 377 Å². The number of aromatic amines is 1. The second kappa shape index (κ2) is 24.0. The van der Waals surface area contributed by atoms with Crippen LogP contribution in [0.15, 0.2) is 64.1 Å². The molecule has 65 heavy (non-hydrogen) atoms. The molecular weight excluding hydrogens is 889 g/mol. The SMILES string of the molecule is CCOC(=O)c1c[nH]c2cc(=O)ccn12.CCOC(=O)c1cnc2cc(OC3CCS(=O)(=O)CC3)ccn12.O=C(N=NC(=O)N1CCCCC1)N1CCCCC1.O=S1(=O)CCC(O)CC1. The Bertz CT molecular complexity index is 2500. The average molecular weight is 947 g/mol. The molecule has 4 amide bonds. The van der Waals surface area contributed by atoms with Gasteiger partial charge in [-0.15, -0.1) is 0 Å². The second-order valence-electron chi connectivity index (χ2n) is 15.7. The molecule has 4 aliphatic heterocycles. The number of hydrogen-bond donors (Lipinski definition) is 2. The van der Waals surface area contributed by atoms with Crippen molar-refractivity contribution < 1.29 is 55.3 Å². The third-order valence-corrected chi connectivity index (χ3v) is 14.2. The van der Waals surface area contributed by atoms with Gasteiger partial charge in [-0.1, -0.05) is 10.2 Å². The summed E-state index contributed by atoms with van der Waals surface area (Å²) in [5, 5.41) is 16.0. The summed E-state index contributed by atoms with van der Waals surface area (Å²) in [5.41, 5.74) is 1.79. The van der Waals surface area contributed by atoms with Crippen molar-refractivity contribution in [3.8, 4) is 5.75 Å². The van der Waals surface area contributed by atoms with Gasteiger partial charge in [0.15, 0.2) is 30.8 Å². The van der Waals surface area contributed by atoms with Crippen molar-refractivity contribution in [2.24, 2.45) is 10.2 Å². The molecule has 4 fully saturated rings. The molecule has 0 atom stereocenters. The number of carbonyl (C=O) groups is 4. The van der Waals surface area contributed by atoms with Crippen LogP contribution in [0.1, 0.15) is 99.0 Å². The van der Waals surface area contributed by atoms with Gasteiger partial charge in [-0.3, -0.25) is 13.6 Å². The summed E-state index contributed by atoms with van der Waals surface area (Å²) in [6.07, 6.45) is 13.9. The van der Waals surface area contributed by atoms with Gasteiger partial charge in [-0.2, -0.15) is 0 Å². The highest BCUT2D eigenvalue weighted by molar-refractivity contribution is 7.91. The van der Waals surface area contributed by atoms with Gasteiger partial charge in [0.05, 0.1) is 48.5 Å². The Hall–Kier alpha value is -5.68. The maximum absolute atomic E-state index is 11.8. The lowest BCUT2D eigenvalue weighted by Crippen LogP contribution is -2.35. The molecule has 0 saturated carbocycles. The zero-order valence-electron chi connectivity index (χ0n) is 36.7. The fourth-order valence-electron chi connectivity index (χ4n) is 7.21. The number of aliphatic hydroxyl groups excluding tert-OH is 1. The molecular formula is C42H58N8O13S2. The van der Waals surface area contributed by atoms with Crippen LogP contribution < -0.4 is 10.2 Å². The summed E-state index contributed by atoms with van der Waals surface area (Å²) in [4.78, 5) is 68.0. The number of urea groups is 2. The van der Waals surface area contributed by atoms with Crippen molar-refractivity contribution in [3.05, 3.63) is 70.7 Å². The Kier molecular flexibility index (Phi) is 18.6. The van der Waals surface area contributed by atoms with Crippen molar-refractivity contribution in [2.75, 3.05) is 62.4 Å². The molecule has 0 aliphatic carbocycles. The second-order valence-corrected chi connectivity index (χ2v) is 20.3. The highest BCUT2D eigenvalue weighted by Gasteiger charge is 2.26. The van der Waals surface area contributed by atoms with Gasteiger partial charge in [0, 0.05) is 63.0 Å². The molecule has 4 aliphatic rings. The predicted molar refractivity (Wildman–Crippen MR) is 238 cm³/mol. The lowest BCUT2D eigenvalue weighted by molar-refractivity contribution is 0.0508. The van der Waals surface area contributed by atoms with Crippen LogP contribution in [-0.2, 0) is 29.1 Å². The summed E-state index contributed by atoms with van der Waals surface area (Å²) >= 11 is 0. The summed E-state index contributed by atoms with van der Waals surface area (Å²) in [6.45, 7) is 7.05. The first-order valence-electron chi connectivity index (χ1n) is 21.8. The Balaban J connectivity index is 0.000000170. The molecule has 21 nitrogen and oxygen atoms in total. The Morgan fingerprint density at radius 2 is 1.23 bits per heavy atom. The van der Waals surface area contributed by atoms with Gasteiger partial charge in [0.1, 0.15) is 28.8 Å². The highest BCUT2D eigenvalue weighted by atomic mass is 32.2. The molecule has 0 unspecified atom stereocenters. The molecule has 4 saturated heterocycles. The van der Waals surface area contributed by atoms with Crippen LogP contribution in [0.2, 0.25) is 0 Å². The van der Waals surface area contributed by atoms with E-state index in [4.69, 9.17) is 19.3 Å². The van der Waals surface area contributed by atoms with E-state index in [1.807, 2.05) is 0 Å². The number of pyridine rings is 2. The molecule has 23 heteroatoms. The minimum atomic E-state index is -2.90. The van der Waals surface area contributed by atoms with E-state index in [1.165, 1.54) is 24.5 Å². The van der Waals surface area contributed by atoms with Crippen LogP contribution >= 0.6 is 0 Å². The smallest absolute Gasteiger partial charge is 0.362 e. The van der Waals surface area contributed by atoms with Crippen LogP contribution in [-0.4, -0.2) is 149 Å². The topological polar surface area (TPSA) is 270 Å². The van der Waals surface area contributed by atoms with Crippen LogP contribution in [0.5, 0.6) is 5.75 Å². The first kappa shape index (κ1) is 50.3. The van der Waals surface area contributed by atoms with Crippen LogP contribution in [0.25, 0.3) is 11.3 Å². The third-order valence-electron chi connectivity index (χ3n) is 10.8. The van der Waals surface area contributed by atoms with E-state index in [0.29, 0.717) is 67.3 Å². The van der Waals surface area contributed by atoms with E-state index in [-0.39, 0.29) is 52.7 Å². The number of aromatic nitrogens is 4. The normalized spacial score (nSPS) is 18.6. The number of hydrogen-bond acceptors (Lipinski definition) is 14. The van der Waals surface area contributed by atoms with Crippen molar-refractivity contribution in [1.82, 2.24) is 28.6 Å². The lowest BCUT2D eigenvalue weighted by atomic mass is 10.1. The summed E-state index contributed by atoms with van der Waals surface area (Å²) in [5.74, 6) is 0.427. The number of imidazole rings is 2. The number of amides is 4. The van der Waals surface area contributed by atoms with E-state index in [0.717, 1.165) is 64.7 Å². The van der Waals surface area contributed by atoms with Gasteiger partial charge in [0.25, 0.3) is 0 Å². The monoisotopic (exact) mass is 946 g/mol. The molecule has 0 radical (unpaired) electrons. The number of H-pyrrole nitrogens is 1. The third kappa shape index (κ3) is 15.5. The van der Waals surface area contributed by atoms with E-state index in [1.54, 1.807) is 57.0 Å². The van der Waals surface area contributed by atoms with E-state index in [2.05, 4.69) is 20.2 Å². The van der Waals surface area contributed by atoms with Gasteiger partial charge in [-0.05, 0) is 84.1 Å². The number of nitrogens with zero attached hydrogens (tertiary/aromatic N) is 7. The molecule has 0 bridgehead atoms. The number of piperidine rings is 2. The number of rotatable bonds is 6. The number of sulfone groups is 2. The van der Waals surface area contributed by atoms with Crippen LogP contribution in [0, 0.1) is 0 Å².